The number of allylic oxidation sites excluding steroid dienone is 1. The van der Waals surface area contributed by atoms with Crippen LogP contribution in [0.3, 0.4) is 0 Å². The highest BCUT2D eigenvalue weighted by Gasteiger charge is 1.89. The molecule has 0 aliphatic carbocycles. The summed E-state index contributed by atoms with van der Waals surface area (Å²) in [5.41, 5.74) is 1.14. The zero-order valence-electron chi connectivity index (χ0n) is 7.66. The van der Waals surface area contributed by atoms with Crippen molar-refractivity contribution >= 4 is 11.6 Å². The zero-order valence-corrected chi connectivity index (χ0v) is 8.42. The van der Waals surface area contributed by atoms with E-state index < -0.39 is 0 Å². The van der Waals surface area contributed by atoms with Crippen LogP contribution in [0.15, 0.2) is 42.0 Å². The van der Waals surface area contributed by atoms with Gasteiger partial charge in [0.25, 0.3) is 0 Å². The summed E-state index contributed by atoms with van der Waals surface area (Å²) < 4.78 is 5.44. The van der Waals surface area contributed by atoms with Crippen LogP contribution in [0.4, 0.5) is 0 Å². The Morgan fingerprint density at radius 2 is 2.08 bits per heavy atom. The van der Waals surface area contributed by atoms with Crippen molar-refractivity contribution in [1.29, 1.82) is 0 Å². The first-order chi connectivity index (χ1) is 6.33. The lowest BCUT2D eigenvalue weighted by molar-refractivity contribution is 0.362. The molecule has 0 N–H and O–H groups in total. The molecule has 0 amide bonds. The highest BCUT2D eigenvalue weighted by molar-refractivity contribution is 6.19. The molecule has 13 heavy (non-hydrogen) atoms. The molecule has 0 aromatic heterocycles. The number of benzene rings is 1. The highest BCUT2D eigenvalue weighted by Crippen LogP contribution is 2.08. The van der Waals surface area contributed by atoms with E-state index in [1.165, 1.54) is 0 Å². The van der Waals surface area contributed by atoms with Gasteiger partial charge in [-0.3, -0.25) is 0 Å². The van der Waals surface area contributed by atoms with Crippen molar-refractivity contribution < 1.29 is 4.74 Å². The van der Waals surface area contributed by atoms with Crippen molar-refractivity contribution in [2.24, 2.45) is 0 Å². The van der Waals surface area contributed by atoms with Crippen LogP contribution in [0.25, 0.3) is 0 Å². The molecule has 0 bridgehead atoms. The first-order valence-electron chi connectivity index (χ1n) is 4.22. The lowest BCUT2D eigenvalue weighted by atomic mass is 10.3. The molecular weight excluding hydrogens is 184 g/mol. The predicted molar refractivity (Wildman–Crippen MR) is 56.4 cm³/mol. The fourth-order valence-electron chi connectivity index (χ4n) is 0.851. The third-order valence-electron chi connectivity index (χ3n) is 1.64. The topological polar surface area (TPSA) is 9.23 Å². The van der Waals surface area contributed by atoms with Gasteiger partial charge in [-0.25, -0.2) is 0 Å². The molecule has 0 aliphatic rings. The van der Waals surface area contributed by atoms with Crippen LogP contribution < -0.4 is 4.74 Å². The minimum Gasteiger partial charge on any atom is -0.490 e. The average Bonchev–Trinajstić information content (AvgIpc) is 2.19. The zero-order chi connectivity index (χ0) is 9.52. The normalized spacial score (nSPS) is 11.4. The Morgan fingerprint density at radius 1 is 1.38 bits per heavy atom. The predicted octanol–water partition coefficient (Wildman–Crippen LogP) is 3.25. The summed E-state index contributed by atoms with van der Waals surface area (Å²) in [4.78, 5) is 0. The number of hydrogen-bond acceptors (Lipinski definition) is 1. The summed E-state index contributed by atoms with van der Waals surface area (Å²) in [5, 5.41) is 0. The van der Waals surface area contributed by atoms with Crippen molar-refractivity contribution in [3.63, 3.8) is 0 Å². The molecule has 0 aliphatic heterocycles. The maximum absolute atomic E-state index is 5.61. The van der Waals surface area contributed by atoms with Crippen LogP contribution in [0.1, 0.15) is 6.92 Å². The van der Waals surface area contributed by atoms with Gasteiger partial charge in [0.15, 0.2) is 0 Å². The Labute approximate surface area is 84.0 Å². The molecule has 1 aromatic rings. The smallest absolute Gasteiger partial charge is 0.119 e. The van der Waals surface area contributed by atoms with E-state index in [9.17, 15) is 0 Å². The summed E-state index contributed by atoms with van der Waals surface area (Å²) in [6.45, 7) is 2.57. The molecule has 0 radical (unpaired) electrons. The monoisotopic (exact) mass is 196 g/mol. The maximum atomic E-state index is 5.61. The van der Waals surface area contributed by atoms with Gasteiger partial charge in [-0.15, -0.1) is 11.6 Å². The van der Waals surface area contributed by atoms with Gasteiger partial charge in [0.1, 0.15) is 12.4 Å². The summed E-state index contributed by atoms with van der Waals surface area (Å²) in [7, 11) is 0. The van der Waals surface area contributed by atoms with Gasteiger partial charge in [-0.2, -0.15) is 0 Å². The molecule has 0 saturated carbocycles. The van der Waals surface area contributed by atoms with E-state index in [0.717, 1.165) is 11.3 Å². The molecule has 2 heteroatoms. The number of hydrogen-bond donors (Lipinski definition) is 0. The van der Waals surface area contributed by atoms with E-state index in [1.54, 1.807) is 0 Å². The third kappa shape index (κ3) is 4.00. The van der Waals surface area contributed by atoms with Gasteiger partial charge in [0.2, 0.25) is 0 Å². The Kier molecular flexibility index (Phi) is 4.41. The van der Waals surface area contributed by atoms with Crippen LogP contribution in [0.2, 0.25) is 0 Å². The number of rotatable bonds is 4. The lowest BCUT2D eigenvalue weighted by Gasteiger charge is -2.02. The van der Waals surface area contributed by atoms with Gasteiger partial charge < -0.3 is 4.74 Å². The van der Waals surface area contributed by atoms with Crippen molar-refractivity contribution in [2.45, 2.75) is 6.92 Å². The van der Waals surface area contributed by atoms with Crippen molar-refractivity contribution in [1.82, 2.24) is 0 Å². The second kappa shape index (κ2) is 5.65. The van der Waals surface area contributed by atoms with Crippen molar-refractivity contribution in [3.05, 3.63) is 42.0 Å². The van der Waals surface area contributed by atoms with E-state index >= 15 is 0 Å². The maximum Gasteiger partial charge on any atom is 0.119 e. The van der Waals surface area contributed by atoms with Gasteiger partial charge in [-0.1, -0.05) is 23.8 Å². The second-order valence-electron chi connectivity index (χ2n) is 2.81. The van der Waals surface area contributed by atoms with Gasteiger partial charge in [-0.05, 0) is 25.1 Å². The van der Waals surface area contributed by atoms with Crippen LogP contribution in [-0.4, -0.2) is 12.5 Å². The van der Waals surface area contributed by atoms with Crippen molar-refractivity contribution in [3.8, 4) is 5.75 Å². The molecule has 1 rings (SSSR count). The molecule has 0 saturated heterocycles. The van der Waals surface area contributed by atoms with E-state index in [4.69, 9.17) is 16.3 Å². The standard InChI is InChI=1S/C11H13ClO/c1-10(9-12)7-8-13-11-5-3-2-4-6-11/h2-7H,8-9H2,1H3/b10-7+. The second-order valence-corrected chi connectivity index (χ2v) is 3.08. The Morgan fingerprint density at radius 3 is 2.69 bits per heavy atom. The summed E-state index contributed by atoms with van der Waals surface area (Å²) in [6, 6.07) is 9.74. The minimum atomic E-state index is 0.568. The SMILES string of the molecule is C/C(=C\COc1ccccc1)CCl. The number of halogens is 1. The number of alkyl halides is 1. The fourth-order valence-corrected chi connectivity index (χ4v) is 0.961. The average molecular weight is 197 g/mol. The third-order valence-corrected chi connectivity index (χ3v) is 2.06. The van der Waals surface area contributed by atoms with Crippen LogP contribution >= 0.6 is 11.6 Å². The summed E-state index contributed by atoms with van der Waals surface area (Å²) >= 11 is 5.61. The molecule has 0 spiro atoms. The highest BCUT2D eigenvalue weighted by atomic mass is 35.5. The van der Waals surface area contributed by atoms with E-state index in [0.29, 0.717) is 12.5 Å². The molecule has 0 heterocycles. The fraction of sp³-hybridized carbons (Fsp3) is 0.273. The Hall–Kier alpha value is -0.950. The first-order valence-corrected chi connectivity index (χ1v) is 4.76. The number of ether oxygens (including phenoxy) is 1. The van der Waals surface area contributed by atoms with Crippen molar-refractivity contribution in [2.75, 3.05) is 12.5 Å². The minimum absolute atomic E-state index is 0.568. The Bertz CT molecular complexity index is 267. The van der Waals surface area contributed by atoms with E-state index in [2.05, 4.69) is 0 Å². The number of para-hydroxylation sites is 1. The Balaban J connectivity index is 2.36. The van der Waals surface area contributed by atoms with E-state index in [1.807, 2.05) is 43.3 Å². The first kappa shape index (κ1) is 10.1. The van der Waals surface area contributed by atoms with Gasteiger partial charge in [0, 0.05) is 5.88 Å². The van der Waals surface area contributed by atoms with Gasteiger partial charge in [0.05, 0.1) is 0 Å². The van der Waals surface area contributed by atoms with Crippen LogP contribution in [0.5, 0.6) is 5.75 Å². The van der Waals surface area contributed by atoms with Crippen LogP contribution in [-0.2, 0) is 0 Å². The molecule has 70 valence electrons. The molecule has 0 fully saturated rings. The van der Waals surface area contributed by atoms with E-state index in [-0.39, 0.29) is 0 Å². The molecular formula is C11H13ClO. The molecule has 0 atom stereocenters. The van der Waals surface area contributed by atoms with Crippen LogP contribution in [0, 0.1) is 0 Å². The van der Waals surface area contributed by atoms with Gasteiger partial charge >= 0.3 is 0 Å². The largest absolute Gasteiger partial charge is 0.490 e. The summed E-state index contributed by atoms with van der Waals surface area (Å²) in [5.74, 6) is 1.46. The quantitative estimate of drug-likeness (QED) is 0.531. The molecule has 1 aromatic carbocycles. The lowest BCUT2D eigenvalue weighted by Crippen LogP contribution is -1.94. The molecule has 0 unspecified atom stereocenters. The summed E-state index contributed by atoms with van der Waals surface area (Å²) in [6.07, 6.45) is 1.99. The molecule has 1 nitrogen and oxygen atoms in total.